The molecule has 2 unspecified atom stereocenters. The Morgan fingerprint density at radius 3 is 3.09 bits per heavy atom. The molecule has 23 heavy (non-hydrogen) atoms. The van der Waals surface area contributed by atoms with Crippen molar-refractivity contribution in [1.82, 2.24) is 15.6 Å². The first-order valence-electron chi connectivity index (χ1n) is 7.79. The quantitative estimate of drug-likeness (QED) is 0.773. The Bertz CT molecular complexity index is 686. The molecule has 122 valence electrons. The van der Waals surface area contributed by atoms with Crippen LogP contribution in [0.4, 0.5) is 0 Å². The van der Waals surface area contributed by atoms with Crippen LogP contribution in [0.15, 0.2) is 29.6 Å². The number of thiazole rings is 1. The highest BCUT2D eigenvalue weighted by atomic mass is 32.1. The van der Waals surface area contributed by atoms with E-state index in [-0.39, 0.29) is 24.3 Å². The van der Waals surface area contributed by atoms with Crippen LogP contribution in [-0.4, -0.2) is 41.7 Å². The van der Waals surface area contributed by atoms with Crippen molar-refractivity contribution in [3.63, 3.8) is 0 Å². The lowest BCUT2D eigenvalue weighted by atomic mass is 10.1. The van der Waals surface area contributed by atoms with Crippen LogP contribution in [0.25, 0.3) is 10.6 Å². The van der Waals surface area contributed by atoms with Gasteiger partial charge in [0.15, 0.2) is 0 Å². The fourth-order valence-electron chi connectivity index (χ4n) is 2.70. The van der Waals surface area contributed by atoms with Crippen LogP contribution in [0.2, 0.25) is 0 Å². The molecule has 1 aromatic carbocycles. The minimum absolute atomic E-state index is 0.0507. The molecule has 1 aromatic heterocycles. The molecule has 6 heteroatoms. The molecule has 1 fully saturated rings. The van der Waals surface area contributed by atoms with Crippen molar-refractivity contribution in [2.45, 2.75) is 19.4 Å². The van der Waals surface area contributed by atoms with Gasteiger partial charge in [0.1, 0.15) is 5.01 Å². The maximum Gasteiger partial charge on any atom is 0.226 e. The average Bonchev–Trinajstić information content (AvgIpc) is 3.14. The third-order valence-electron chi connectivity index (χ3n) is 4.02. The zero-order valence-electron chi connectivity index (χ0n) is 13.1. The second-order valence-corrected chi connectivity index (χ2v) is 6.84. The molecule has 0 bridgehead atoms. The average molecular weight is 331 g/mol. The number of carbonyl (C=O) groups excluding carboxylic acids is 1. The van der Waals surface area contributed by atoms with Crippen LogP contribution < -0.4 is 10.6 Å². The second-order valence-electron chi connectivity index (χ2n) is 5.98. The fourth-order valence-corrected chi connectivity index (χ4v) is 3.52. The number of rotatable bonds is 5. The lowest BCUT2D eigenvalue weighted by Crippen LogP contribution is -2.35. The molecular weight excluding hydrogens is 310 g/mol. The van der Waals surface area contributed by atoms with E-state index in [9.17, 15) is 9.90 Å². The molecule has 0 radical (unpaired) electrons. The van der Waals surface area contributed by atoms with E-state index in [1.807, 2.05) is 17.5 Å². The third kappa shape index (κ3) is 4.16. The molecule has 3 N–H and O–H groups in total. The van der Waals surface area contributed by atoms with E-state index in [0.29, 0.717) is 13.1 Å². The lowest BCUT2D eigenvalue weighted by Gasteiger charge is -2.13. The summed E-state index contributed by atoms with van der Waals surface area (Å²) < 4.78 is 0. The van der Waals surface area contributed by atoms with Crippen molar-refractivity contribution < 1.29 is 9.90 Å². The fraction of sp³-hybridized carbons (Fsp3) is 0.412. The van der Waals surface area contributed by atoms with Gasteiger partial charge in [-0.25, -0.2) is 4.98 Å². The van der Waals surface area contributed by atoms with Gasteiger partial charge in [-0.1, -0.05) is 23.8 Å². The monoisotopic (exact) mass is 331 g/mol. The van der Waals surface area contributed by atoms with Crippen LogP contribution in [0.3, 0.4) is 0 Å². The molecule has 2 aromatic rings. The van der Waals surface area contributed by atoms with E-state index >= 15 is 0 Å². The molecule has 0 saturated carbocycles. The molecule has 1 aliphatic heterocycles. The molecule has 2 atom stereocenters. The Kier molecular flexibility index (Phi) is 5.05. The number of aliphatic hydroxyl groups is 1. The first-order chi connectivity index (χ1) is 11.1. The molecule has 3 rings (SSSR count). The third-order valence-corrected chi connectivity index (χ3v) is 4.96. The van der Waals surface area contributed by atoms with Crippen molar-refractivity contribution >= 4 is 17.2 Å². The van der Waals surface area contributed by atoms with Gasteiger partial charge in [0.25, 0.3) is 0 Å². The number of nitrogens with zero attached hydrogens (tertiary/aromatic N) is 1. The Morgan fingerprint density at radius 2 is 2.35 bits per heavy atom. The Morgan fingerprint density at radius 1 is 1.48 bits per heavy atom. The summed E-state index contributed by atoms with van der Waals surface area (Å²) in [5, 5.41) is 18.6. The molecule has 1 saturated heterocycles. The second kappa shape index (κ2) is 7.21. The number of nitrogens with one attached hydrogen (secondary N) is 2. The summed E-state index contributed by atoms with van der Waals surface area (Å²) in [5.41, 5.74) is 3.07. The van der Waals surface area contributed by atoms with Gasteiger partial charge in [-0.3, -0.25) is 4.79 Å². The van der Waals surface area contributed by atoms with Crippen molar-refractivity contribution in [1.29, 1.82) is 0 Å². The van der Waals surface area contributed by atoms with E-state index in [4.69, 9.17) is 0 Å². The number of aliphatic hydroxyl groups excluding tert-OH is 1. The van der Waals surface area contributed by atoms with Gasteiger partial charge in [0.2, 0.25) is 5.91 Å². The molecule has 1 amide bonds. The number of hydrogen-bond acceptors (Lipinski definition) is 5. The number of carbonyl (C=O) groups is 1. The minimum atomic E-state index is -0.373. The van der Waals surface area contributed by atoms with Crippen LogP contribution in [0, 0.1) is 12.8 Å². The number of aryl methyl sites for hydroxylation is 1. The minimum Gasteiger partial charge on any atom is -0.391 e. The van der Waals surface area contributed by atoms with Gasteiger partial charge in [-0.2, -0.15) is 0 Å². The van der Waals surface area contributed by atoms with E-state index in [1.54, 1.807) is 11.3 Å². The van der Waals surface area contributed by atoms with Crippen molar-refractivity contribution in [2.75, 3.05) is 19.6 Å². The predicted octanol–water partition coefficient (Wildman–Crippen LogP) is 1.36. The summed E-state index contributed by atoms with van der Waals surface area (Å²) in [6.45, 7) is 3.90. The van der Waals surface area contributed by atoms with Crippen molar-refractivity contribution in [3.8, 4) is 10.6 Å². The van der Waals surface area contributed by atoms with E-state index < -0.39 is 0 Å². The van der Waals surface area contributed by atoms with Crippen molar-refractivity contribution in [3.05, 3.63) is 40.9 Å². The van der Waals surface area contributed by atoms with Crippen LogP contribution in [0.5, 0.6) is 0 Å². The first kappa shape index (κ1) is 16.1. The zero-order chi connectivity index (χ0) is 16.2. The smallest absolute Gasteiger partial charge is 0.226 e. The topological polar surface area (TPSA) is 74.2 Å². The van der Waals surface area contributed by atoms with Crippen LogP contribution in [-0.2, 0) is 11.2 Å². The zero-order valence-corrected chi connectivity index (χ0v) is 13.9. The highest BCUT2D eigenvalue weighted by Crippen LogP contribution is 2.24. The summed E-state index contributed by atoms with van der Waals surface area (Å²) in [5.74, 6) is 0.0439. The van der Waals surface area contributed by atoms with Gasteiger partial charge in [-0.05, 0) is 13.0 Å². The molecular formula is C17H21N3O2S. The summed E-state index contributed by atoms with van der Waals surface area (Å²) in [7, 11) is 0. The maximum absolute atomic E-state index is 12.0. The van der Waals surface area contributed by atoms with Crippen LogP contribution >= 0.6 is 11.3 Å². The van der Waals surface area contributed by atoms with E-state index in [0.717, 1.165) is 22.8 Å². The van der Waals surface area contributed by atoms with Gasteiger partial charge < -0.3 is 15.7 Å². The summed E-state index contributed by atoms with van der Waals surface area (Å²) in [6, 6.07) is 8.19. The standard InChI is InChI=1S/C17H21N3O2S/c1-11-3-2-4-12(5-11)17-20-14(10-23-17)6-16(22)19-8-13-7-18-9-15(13)21/h2-5,10,13,15,18,21H,6-9H2,1H3,(H,19,22). The van der Waals surface area contributed by atoms with E-state index in [2.05, 4.69) is 34.7 Å². The molecule has 1 aliphatic rings. The van der Waals surface area contributed by atoms with E-state index in [1.165, 1.54) is 5.56 Å². The number of hydrogen-bond donors (Lipinski definition) is 3. The summed E-state index contributed by atoms with van der Waals surface area (Å²) in [4.78, 5) is 16.6. The molecule has 0 spiro atoms. The van der Waals surface area contributed by atoms with Gasteiger partial charge >= 0.3 is 0 Å². The van der Waals surface area contributed by atoms with Gasteiger partial charge in [-0.15, -0.1) is 11.3 Å². The maximum atomic E-state index is 12.0. The SMILES string of the molecule is Cc1cccc(-c2nc(CC(=O)NCC3CNCC3O)cs2)c1. The predicted molar refractivity (Wildman–Crippen MR) is 91.4 cm³/mol. The number of β-amino-alcohol motifs (C(OH)–C–C–N with tert-alkyl or cyclic N) is 1. The summed E-state index contributed by atoms with van der Waals surface area (Å²) in [6.07, 6.45) is -0.0963. The van der Waals surface area contributed by atoms with Crippen LogP contribution in [0.1, 0.15) is 11.3 Å². The Balaban J connectivity index is 1.55. The molecule has 5 nitrogen and oxygen atoms in total. The first-order valence-corrected chi connectivity index (χ1v) is 8.66. The molecule has 2 heterocycles. The largest absolute Gasteiger partial charge is 0.391 e. The lowest BCUT2D eigenvalue weighted by molar-refractivity contribution is -0.120. The normalized spacial score (nSPS) is 20.6. The molecule has 0 aliphatic carbocycles. The highest BCUT2D eigenvalue weighted by Gasteiger charge is 2.25. The Hall–Kier alpha value is -1.76. The Labute approximate surface area is 139 Å². The van der Waals surface area contributed by atoms with Gasteiger partial charge in [0.05, 0.1) is 18.2 Å². The highest BCUT2D eigenvalue weighted by molar-refractivity contribution is 7.13. The number of benzene rings is 1. The van der Waals surface area contributed by atoms with Crippen molar-refractivity contribution in [2.24, 2.45) is 5.92 Å². The summed E-state index contributed by atoms with van der Waals surface area (Å²) >= 11 is 1.56. The number of amides is 1. The number of aromatic nitrogens is 1. The van der Waals surface area contributed by atoms with Gasteiger partial charge in [0, 0.05) is 36.5 Å².